The van der Waals surface area contributed by atoms with Crippen LogP contribution in [-0.2, 0) is 13.6 Å². The molecule has 0 amide bonds. The smallest absolute Gasteiger partial charge is 0.0945 e. The molecule has 2 heterocycles. The zero-order valence-electron chi connectivity index (χ0n) is 8.17. The summed E-state index contributed by atoms with van der Waals surface area (Å²) in [6, 6.07) is 0. The summed E-state index contributed by atoms with van der Waals surface area (Å²) in [7, 11) is 1.94. The van der Waals surface area contributed by atoms with Gasteiger partial charge < -0.3 is 14.8 Å². The van der Waals surface area contributed by atoms with E-state index in [2.05, 4.69) is 4.98 Å². The van der Waals surface area contributed by atoms with Crippen molar-refractivity contribution in [3.8, 4) is 0 Å². The van der Waals surface area contributed by atoms with E-state index in [9.17, 15) is 10.2 Å². The number of aliphatic hydroxyl groups excluding tert-OH is 2. The van der Waals surface area contributed by atoms with E-state index >= 15 is 0 Å². The first kappa shape index (κ1) is 9.64. The van der Waals surface area contributed by atoms with E-state index in [1.807, 2.05) is 16.5 Å². The van der Waals surface area contributed by atoms with Gasteiger partial charge in [0.1, 0.15) is 0 Å². The van der Waals surface area contributed by atoms with Crippen LogP contribution in [0, 0.1) is 0 Å². The van der Waals surface area contributed by atoms with Crippen LogP contribution in [-0.4, -0.2) is 50.0 Å². The molecular weight excluding hydrogens is 182 g/mol. The van der Waals surface area contributed by atoms with Gasteiger partial charge in [-0.1, -0.05) is 0 Å². The number of hydrogen-bond donors (Lipinski definition) is 2. The number of nitrogens with zero attached hydrogens (tertiary/aromatic N) is 3. The lowest BCUT2D eigenvalue weighted by Crippen LogP contribution is -2.22. The SMILES string of the molecule is Cn1cncc1CN1CC(O)C(O)C1. The lowest BCUT2D eigenvalue weighted by molar-refractivity contribution is 0.0572. The van der Waals surface area contributed by atoms with Gasteiger partial charge in [-0.15, -0.1) is 0 Å². The maximum Gasteiger partial charge on any atom is 0.0945 e. The molecule has 0 aromatic carbocycles. The first-order valence-corrected chi connectivity index (χ1v) is 4.70. The van der Waals surface area contributed by atoms with E-state index in [1.54, 1.807) is 12.5 Å². The van der Waals surface area contributed by atoms with Gasteiger partial charge in [0.2, 0.25) is 0 Å². The molecule has 0 spiro atoms. The highest BCUT2D eigenvalue weighted by Crippen LogP contribution is 2.13. The van der Waals surface area contributed by atoms with Crippen LogP contribution in [0.1, 0.15) is 5.69 Å². The summed E-state index contributed by atoms with van der Waals surface area (Å²) in [4.78, 5) is 6.03. The molecule has 1 fully saturated rings. The van der Waals surface area contributed by atoms with Crippen LogP contribution < -0.4 is 0 Å². The molecule has 5 nitrogen and oxygen atoms in total. The largest absolute Gasteiger partial charge is 0.389 e. The Hall–Kier alpha value is -0.910. The molecule has 2 N–H and O–H groups in total. The Balaban J connectivity index is 1.97. The zero-order chi connectivity index (χ0) is 10.1. The average molecular weight is 197 g/mol. The Kier molecular flexibility index (Phi) is 2.54. The molecule has 1 aromatic rings. The molecule has 2 unspecified atom stereocenters. The second kappa shape index (κ2) is 3.68. The highest BCUT2D eigenvalue weighted by molar-refractivity contribution is 4.99. The Morgan fingerprint density at radius 2 is 2.07 bits per heavy atom. The molecule has 1 aromatic heterocycles. The van der Waals surface area contributed by atoms with Gasteiger partial charge >= 0.3 is 0 Å². The van der Waals surface area contributed by atoms with E-state index in [-0.39, 0.29) is 0 Å². The van der Waals surface area contributed by atoms with Crippen molar-refractivity contribution in [3.63, 3.8) is 0 Å². The molecule has 2 rings (SSSR count). The lowest BCUT2D eigenvalue weighted by Gasteiger charge is -2.14. The van der Waals surface area contributed by atoms with Crippen LogP contribution in [0.25, 0.3) is 0 Å². The number of aromatic nitrogens is 2. The summed E-state index contributed by atoms with van der Waals surface area (Å²) >= 11 is 0. The predicted molar refractivity (Wildman–Crippen MR) is 50.5 cm³/mol. The van der Waals surface area contributed by atoms with Gasteiger partial charge in [0.25, 0.3) is 0 Å². The number of β-amino-alcohol motifs (C(OH)–C–C–N with tert-alkyl or cyclic N) is 2. The first-order chi connectivity index (χ1) is 6.66. The molecule has 1 saturated heterocycles. The predicted octanol–water partition coefficient (Wildman–Crippen LogP) is -1.04. The molecule has 14 heavy (non-hydrogen) atoms. The Labute approximate surface area is 82.6 Å². The highest BCUT2D eigenvalue weighted by Gasteiger charge is 2.29. The number of imidazole rings is 1. The first-order valence-electron chi connectivity index (χ1n) is 4.70. The zero-order valence-corrected chi connectivity index (χ0v) is 8.17. The third-order valence-electron chi connectivity index (χ3n) is 2.64. The quantitative estimate of drug-likeness (QED) is 0.635. The average Bonchev–Trinajstić information content (AvgIpc) is 2.63. The minimum Gasteiger partial charge on any atom is -0.389 e. The van der Waals surface area contributed by atoms with Crippen LogP contribution in [0.5, 0.6) is 0 Å². The summed E-state index contributed by atoms with van der Waals surface area (Å²) in [5, 5.41) is 18.7. The van der Waals surface area contributed by atoms with Crippen LogP contribution in [0.15, 0.2) is 12.5 Å². The van der Waals surface area contributed by atoms with E-state index < -0.39 is 12.2 Å². The summed E-state index contributed by atoms with van der Waals surface area (Å²) in [5.74, 6) is 0. The van der Waals surface area contributed by atoms with Gasteiger partial charge in [-0.25, -0.2) is 4.98 Å². The van der Waals surface area contributed by atoms with Crippen LogP contribution in [0.3, 0.4) is 0 Å². The van der Waals surface area contributed by atoms with Gasteiger partial charge in [0, 0.05) is 32.9 Å². The van der Waals surface area contributed by atoms with E-state index in [0.29, 0.717) is 13.1 Å². The van der Waals surface area contributed by atoms with Crippen molar-refractivity contribution in [1.82, 2.24) is 14.5 Å². The normalized spacial score (nSPS) is 28.5. The van der Waals surface area contributed by atoms with Crippen molar-refractivity contribution in [2.45, 2.75) is 18.8 Å². The van der Waals surface area contributed by atoms with Crippen molar-refractivity contribution in [2.24, 2.45) is 7.05 Å². The molecular formula is C9H15N3O2. The highest BCUT2D eigenvalue weighted by atomic mass is 16.3. The van der Waals surface area contributed by atoms with Crippen LogP contribution in [0.4, 0.5) is 0 Å². The Morgan fingerprint density at radius 3 is 2.57 bits per heavy atom. The topological polar surface area (TPSA) is 61.5 Å². The summed E-state index contributed by atoms with van der Waals surface area (Å²) in [5.41, 5.74) is 1.09. The monoisotopic (exact) mass is 197 g/mol. The van der Waals surface area contributed by atoms with Gasteiger partial charge in [-0.05, 0) is 0 Å². The number of aryl methyl sites for hydroxylation is 1. The van der Waals surface area contributed by atoms with Gasteiger partial charge in [-0.3, -0.25) is 4.90 Å². The molecule has 1 aliphatic rings. The summed E-state index contributed by atoms with van der Waals surface area (Å²) < 4.78 is 1.94. The maximum absolute atomic E-state index is 9.35. The van der Waals surface area contributed by atoms with Crippen molar-refractivity contribution in [3.05, 3.63) is 18.2 Å². The third-order valence-corrected chi connectivity index (χ3v) is 2.64. The second-order valence-electron chi connectivity index (χ2n) is 3.82. The maximum atomic E-state index is 9.35. The Morgan fingerprint density at radius 1 is 1.43 bits per heavy atom. The third kappa shape index (κ3) is 1.79. The Bertz CT molecular complexity index is 303. The molecule has 0 saturated carbocycles. The molecule has 1 aliphatic heterocycles. The number of rotatable bonds is 2. The molecule has 78 valence electrons. The standard InChI is InChI=1S/C9H15N3O2/c1-11-6-10-2-7(11)3-12-4-8(13)9(14)5-12/h2,6,8-9,13-14H,3-5H2,1H3. The van der Waals surface area contributed by atoms with Crippen molar-refractivity contribution >= 4 is 0 Å². The molecule has 2 atom stereocenters. The van der Waals surface area contributed by atoms with Gasteiger partial charge in [0.05, 0.1) is 24.2 Å². The van der Waals surface area contributed by atoms with Crippen molar-refractivity contribution in [1.29, 1.82) is 0 Å². The van der Waals surface area contributed by atoms with E-state index in [0.717, 1.165) is 12.2 Å². The molecule has 0 radical (unpaired) electrons. The second-order valence-corrected chi connectivity index (χ2v) is 3.82. The molecule has 0 bridgehead atoms. The fraction of sp³-hybridized carbons (Fsp3) is 0.667. The summed E-state index contributed by atoms with van der Waals surface area (Å²) in [6.45, 7) is 1.79. The fourth-order valence-electron chi connectivity index (χ4n) is 1.74. The molecule has 5 heteroatoms. The van der Waals surface area contributed by atoms with Gasteiger partial charge in [-0.2, -0.15) is 0 Å². The van der Waals surface area contributed by atoms with Crippen LogP contribution >= 0.6 is 0 Å². The molecule has 0 aliphatic carbocycles. The number of hydrogen-bond acceptors (Lipinski definition) is 4. The van der Waals surface area contributed by atoms with E-state index in [1.165, 1.54) is 0 Å². The lowest BCUT2D eigenvalue weighted by atomic mass is 10.3. The van der Waals surface area contributed by atoms with Crippen molar-refractivity contribution < 1.29 is 10.2 Å². The van der Waals surface area contributed by atoms with Crippen molar-refractivity contribution in [2.75, 3.05) is 13.1 Å². The van der Waals surface area contributed by atoms with E-state index in [4.69, 9.17) is 0 Å². The van der Waals surface area contributed by atoms with Crippen LogP contribution in [0.2, 0.25) is 0 Å². The number of likely N-dealkylation sites (tertiary alicyclic amines) is 1. The number of aliphatic hydroxyl groups is 2. The summed E-state index contributed by atoms with van der Waals surface area (Å²) in [6.07, 6.45) is 2.33. The minimum atomic E-state index is -0.608. The fourth-order valence-corrected chi connectivity index (χ4v) is 1.74. The minimum absolute atomic E-state index is 0.534. The van der Waals surface area contributed by atoms with Gasteiger partial charge in [0.15, 0.2) is 0 Å².